The zero-order valence-electron chi connectivity index (χ0n) is 23.6. The molecule has 214 valence electrons. The van der Waals surface area contributed by atoms with Gasteiger partial charge in [-0.1, -0.05) is 24.6 Å². The molecule has 0 bridgehead atoms. The van der Waals surface area contributed by atoms with Crippen LogP contribution in [0.15, 0.2) is 24.4 Å². The van der Waals surface area contributed by atoms with E-state index in [1.165, 1.54) is 12.8 Å². The lowest BCUT2D eigenvalue weighted by Gasteiger charge is -2.41. The predicted octanol–water partition coefficient (Wildman–Crippen LogP) is 4.38. The lowest BCUT2D eigenvalue weighted by Crippen LogP contribution is -2.52. The van der Waals surface area contributed by atoms with Gasteiger partial charge in [0.2, 0.25) is 0 Å². The van der Waals surface area contributed by atoms with Crippen molar-refractivity contribution >= 4 is 34.1 Å². The fourth-order valence-corrected chi connectivity index (χ4v) is 6.46. The molecule has 0 amide bonds. The summed E-state index contributed by atoms with van der Waals surface area (Å²) in [4.78, 5) is 19.6. The smallest absolute Gasteiger partial charge is 0.156 e. The van der Waals surface area contributed by atoms with Crippen LogP contribution in [0, 0.1) is 0 Å². The number of hydrogen-bond acceptors (Lipinski definition) is 9. The number of ether oxygens (including phenoxy) is 2. The largest absolute Gasteiger partial charge is 0.495 e. The number of piperidine rings is 1. The van der Waals surface area contributed by atoms with Crippen molar-refractivity contribution in [2.45, 2.75) is 51.1 Å². The Morgan fingerprint density at radius 2 is 1.82 bits per heavy atom. The number of rotatable bonds is 7. The van der Waals surface area contributed by atoms with Gasteiger partial charge in [0.05, 0.1) is 18.5 Å². The summed E-state index contributed by atoms with van der Waals surface area (Å²) < 4.78 is 11.5. The van der Waals surface area contributed by atoms with E-state index in [9.17, 15) is 0 Å². The molecule has 0 aliphatic carbocycles. The standard InChI is InChI=1S/C30H40ClN7O2/c1-3-24-30(34-21-8-16-40-17-9-21)36-27-23(19-33-29(31)28(27)35-24)20-4-5-25(26(18-20)39-2)38-12-6-22(7-13-38)37-14-10-32-11-15-37/h4-5,18-19,21-22,32H,3,6-17H2,1-2H3,(H,34,36). The first-order valence-electron chi connectivity index (χ1n) is 14.7. The summed E-state index contributed by atoms with van der Waals surface area (Å²) in [5, 5.41) is 7.47. The van der Waals surface area contributed by atoms with E-state index >= 15 is 0 Å². The Balaban J connectivity index is 1.28. The van der Waals surface area contributed by atoms with Gasteiger partial charge < -0.3 is 25.0 Å². The van der Waals surface area contributed by atoms with Crippen LogP contribution in [0.4, 0.5) is 11.5 Å². The summed E-state index contributed by atoms with van der Waals surface area (Å²) >= 11 is 6.55. The van der Waals surface area contributed by atoms with Crippen molar-refractivity contribution in [3.63, 3.8) is 0 Å². The van der Waals surface area contributed by atoms with Crippen LogP contribution in [-0.4, -0.2) is 91.5 Å². The second-order valence-corrected chi connectivity index (χ2v) is 11.3. The summed E-state index contributed by atoms with van der Waals surface area (Å²) in [6, 6.07) is 7.41. The van der Waals surface area contributed by atoms with Crippen LogP contribution in [0.2, 0.25) is 5.15 Å². The van der Waals surface area contributed by atoms with Crippen molar-refractivity contribution in [3.05, 3.63) is 35.2 Å². The summed E-state index contributed by atoms with van der Waals surface area (Å²) in [5.74, 6) is 1.68. The molecular formula is C30H40ClN7O2. The topological polar surface area (TPSA) is 87.7 Å². The number of fused-ring (bicyclic) bond motifs is 1. The molecule has 3 aliphatic heterocycles. The number of nitrogens with zero attached hydrogens (tertiary/aromatic N) is 5. The maximum absolute atomic E-state index is 6.55. The van der Waals surface area contributed by atoms with Gasteiger partial charge in [-0.2, -0.15) is 0 Å². The number of benzene rings is 1. The van der Waals surface area contributed by atoms with Crippen LogP contribution < -0.4 is 20.3 Å². The van der Waals surface area contributed by atoms with Gasteiger partial charge in [0.25, 0.3) is 0 Å². The first-order chi connectivity index (χ1) is 19.6. The van der Waals surface area contributed by atoms with Crippen LogP contribution >= 0.6 is 11.6 Å². The normalized spacial score (nSPS) is 19.7. The molecule has 0 radical (unpaired) electrons. The molecule has 3 saturated heterocycles. The molecule has 0 unspecified atom stereocenters. The van der Waals surface area contributed by atoms with Gasteiger partial charge in [-0.05, 0) is 49.8 Å². The van der Waals surface area contributed by atoms with Gasteiger partial charge in [0.15, 0.2) is 5.15 Å². The van der Waals surface area contributed by atoms with Crippen LogP contribution in [0.3, 0.4) is 0 Å². The van der Waals surface area contributed by atoms with Crippen molar-refractivity contribution in [1.29, 1.82) is 0 Å². The molecule has 3 aliphatic rings. The van der Waals surface area contributed by atoms with E-state index in [1.807, 2.05) is 0 Å². The number of hydrogen-bond donors (Lipinski definition) is 2. The molecule has 10 heteroatoms. The Bertz CT molecular complexity index is 1320. The zero-order valence-corrected chi connectivity index (χ0v) is 24.3. The number of anilines is 2. The minimum absolute atomic E-state index is 0.321. The van der Waals surface area contributed by atoms with Gasteiger partial charge in [0, 0.05) is 76.3 Å². The molecule has 0 spiro atoms. The number of piperazine rings is 1. The number of methoxy groups -OCH3 is 1. The third-order valence-electron chi connectivity index (χ3n) is 8.59. The van der Waals surface area contributed by atoms with E-state index in [0.717, 1.165) is 111 Å². The SMILES string of the molecule is CCc1nc2c(Cl)ncc(-c3ccc(N4CCC(N5CCNCC5)CC4)c(OC)c3)c2nc1NC1CCOCC1. The van der Waals surface area contributed by atoms with Crippen molar-refractivity contribution in [2.75, 3.05) is 69.8 Å². The molecule has 2 N–H and O–H groups in total. The van der Waals surface area contributed by atoms with E-state index in [0.29, 0.717) is 22.8 Å². The van der Waals surface area contributed by atoms with Crippen LogP contribution in [-0.2, 0) is 11.2 Å². The predicted molar refractivity (Wildman–Crippen MR) is 161 cm³/mol. The van der Waals surface area contributed by atoms with Crippen LogP contribution in [0.1, 0.15) is 38.3 Å². The summed E-state index contributed by atoms with van der Waals surface area (Å²) in [6.45, 7) is 10.2. The molecule has 3 fully saturated rings. The van der Waals surface area contributed by atoms with Crippen molar-refractivity contribution in [2.24, 2.45) is 0 Å². The Kier molecular flexibility index (Phi) is 8.53. The molecule has 2 aromatic heterocycles. The van der Waals surface area contributed by atoms with Crippen molar-refractivity contribution in [1.82, 2.24) is 25.2 Å². The van der Waals surface area contributed by atoms with Gasteiger partial charge in [-0.25, -0.2) is 15.0 Å². The quantitative estimate of drug-likeness (QED) is 0.405. The second kappa shape index (κ2) is 12.4. The van der Waals surface area contributed by atoms with Crippen LogP contribution in [0.5, 0.6) is 5.75 Å². The summed E-state index contributed by atoms with van der Waals surface area (Å²) in [5.41, 5.74) is 5.30. The molecule has 0 saturated carbocycles. The van der Waals surface area contributed by atoms with E-state index in [1.54, 1.807) is 13.3 Å². The Hall–Kier alpha value is -2.72. The summed E-state index contributed by atoms with van der Waals surface area (Å²) in [7, 11) is 1.75. The third-order valence-corrected chi connectivity index (χ3v) is 8.86. The average molecular weight is 566 g/mol. The molecule has 1 aromatic carbocycles. The number of aromatic nitrogens is 3. The molecule has 6 rings (SSSR count). The molecule has 3 aromatic rings. The fraction of sp³-hybridized carbons (Fsp3) is 0.567. The van der Waals surface area contributed by atoms with E-state index in [-0.39, 0.29) is 0 Å². The van der Waals surface area contributed by atoms with E-state index < -0.39 is 0 Å². The second-order valence-electron chi connectivity index (χ2n) is 11.0. The van der Waals surface area contributed by atoms with Crippen molar-refractivity contribution < 1.29 is 9.47 Å². The Labute approximate surface area is 241 Å². The minimum atomic E-state index is 0.321. The molecular weight excluding hydrogens is 526 g/mol. The van der Waals surface area contributed by atoms with Gasteiger partial charge in [-0.3, -0.25) is 4.90 Å². The van der Waals surface area contributed by atoms with Crippen molar-refractivity contribution in [3.8, 4) is 16.9 Å². The third kappa shape index (κ3) is 5.70. The lowest BCUT2D eigenvalue weighted by molar-refractivity contribution is 0.0903. The maximum atomic E-state index is 6.55. The highest BCUT2D eigenvalue weighted by atomic mass is 35.5. The summed E-state index contributed by atoms with van der Waals surface area (Å²) in [6.07, 6.45) is 6.82. The zero-order chi connectivity index (χ0) is 27.5. The number of halogens is 1. The first-order valence-corrected chi connectivity index (χ1v) is 15.1. The van der Waals surface area contributed by atoms with Gasteiger partial charge in [-0.15, -0.1) is 0 Å². The molecule has 9 nitrogen and oxygen atoms in total. The highest BCUT2D eigenvalue weighted by Gasteiger charge is 2.27. The average Bonchev–Trinajstić information content (AvgIpc) is 3.02. The highest BCUT2D eigenvalue weighted by molar-refractivity contribution is 6.34. The Morgan fingerprint density at radius 1 is 1.05 bits per heavy atom. The monoisotopic (exact) mass is 565 g/mol. The molecule has 0 atom stereocenters. The number of nitrogens with one attached hydrogen (secondary N) is 2. The number of pyridine rings is 1. The minimum Gasteiger partial charge on any atom is -0.495 e. The first kappa shape index (κ1) is 27.4. The Morgan fingerprint density at radius 3 is 2.55 bits per heavy atom. The van der Waals surface area contributed by atoms with Gasteiger partial charge in [0.1, 0.15) is 22.6 Å². The molecule has 40 heavy (non-hydrogen) atoms. The lowest BCUT2D eigenvalue weighted by atomic mass is 10.00. The number of aryl methyl sites for hydroxylation is 1. The highest BCUT2D eigenvalue weighted by Crippen LogP contribution is 2.38. The maximum Gasteiger partial charge on any atom is 0.156 e. The van der Waals surface area contributed by atoms with Crippen LogP contribution in [0.25, 0.3) is 22.2 Å². The van der Waals surface area contributed by atoms with Gasteiger partial charge >= 0.3 is 0 Å². The van der Waals surface area contributed by atoms with E-state index in [4.69, 9.17) is 31.0 Å². The molecule has 5 heterocycles. The fourth-order valence-electron chi connectivity index (χ4n) is 6.28. The van der Waals surface area contributed by atoms with E-state index in [2.05, 4.69) is 50.5 Å².